The highest BCUT2D eigenvalue weighted by molar-refractivity contribution is 5.80. The van der Waals surface area contributed by atoms with E-state index < -0.39 is 6.61 Å². The summed E-state index contributed by atoms with van der Waals surface area (Å²) >= 11 is 0. The lowest BCUT2D eigenvalue weighted by atomic mass is 9.99. The third-order valence-electron chi connectivity index (χ3n) is 4.64. The van der Waals surface area contributed by atoms with Crippen LogP contribution in [0, 0.1) is 0 Å². The van der Waals surface area contributed by atoms with Crippen LogP contribution >= 0.6 is 0 Å². The summed E-state index contributed by atoms with van der Waals surface area (Å²) in [5, 5.41) is 3.76. The molecular weight excluding hydrogens is 398 g/mol. The number of benzene rings is 2. The number of hydrogen-bond donors (Lipinski definition) is 0. The number of amides is 1. The average molecular weight is 420 g/mol. The first-order chi connectivity index (χ1) is 14.5. The Labute approximate surface area is 172 Å². The van der Waals surface area contributed by atoms with Gasteiger partial charge in [-0.25, -0.2) is 0 Å². The molecule has 0 saturated heterocycles. The summed E-state index contributed by atoms with van der Waals surface area (Å²) in [6, 6.07) is 9.72. The van der Waals surface area contributed by atoms with Gasteiger partial charge < -0.3 is 23.9 Å². The van der Waals surface area contributed by atoms with E-state index in [0.29, 0.717) is 36.6 Å². The molecule has 30 heavy (non-hydrogen) atoms. The number of halogens is 2. The van der Waals surface area contributed by atoms with E-state index in [-0.39, 0.29) is 18.3 Å². The molecule has 0 N–H and O–H groups in total. The minimum absolute atomic E-state index is 0.0536. The van der Waals surface area contributed by atoms with Gasteiger partial charge in [-0.15, -0.1) is 0 Å². The van der Waals surface area contributed by atoms with Crippen LogP contribution in [-0.2, 0) is 22.6 Å². The van der Waals surface area contributed by atoms with Crippen molar-refractivity contribution >= 4 is 12.1 Å². The summed E-state index contributed by atoms with van der Waals surface area (Å²) in [5.74, 6) is 1.16. The third-order valence-corrected chi connectivity index (χ3v) is 4.64. The first-order valence-corrected chi connectivity index (χ1v) is 9.22. The molecule has 2 aromatic rings. The molecular formula is C21H22F2N2O5. The maximum Gasteiger partial charge on any atom is 0.387 e. The molecule has 0 atom stereocenters. The van der Waals surface area contributed by atoms with Gasteiger partial charge in [0.25, 0.3) is 5.91 Å². The average Bonchev–Trinajstić information content (AvgIpc) is 2.75. The van der Waals surface area contributed by atoms with Crippen molar-refractivity contribution < 1.29 is 32.6 Å². The summed E-state index contributed by atoms with van der Waals surface area (Å²) in [4.78, 5) is 19.2. The molecule has 0 fully saturated rings. The second-order valence-electron chi connectivity index (χ2n) is 6.50. The normalized spacial score (nSPS) is 13.3. The minimum atomic E-state index is -2.87. The van der Waals surface area contributed by atoms with Gasteiger partial charge in [-0.1, -0.05) is 5.16 Å². The Morgan fingerprint density at radius 1 is 1.13 bits per heavy atom. The summed E-state index contributed by atoms with van der Waals surface area (Å²) in [6.45, 7) is -2.05. The van der Waals surface area contributed by atoms with E-state index >= 15 is 0 Å². The summed E-state index contributed by atoms with van der Waals surface area (Å²) in [6.07, 6.45) is 2.10. The largest absolute Gasteiger partial charge is 0.493 e. The second-order valence-corrected chi connectivity index (χ2v) is 6.50. The van der Waals surface area contributed by atoms with Crippen molar-refractivity contribution in [1.29, 1.82) is 0 Å². The van der Waals surface area contributed by atoms with Crippen molar-refractivity contribution in [3.8, 4) is 17.2 Å². The standard InChI is InChI=1S/C21H22F2N2O5/c1-27-18-9-15-7-8-25(12-16(15)10-19(18)28-2)20(26)13-29-24-11-14-3-5-17(6-4-14)30-21(22)23/h3-6,9-11,21H,7-8,12-13H2,1-2H3/b24-11+. The van der Waals surface area contributed by atoms with Crippen LogP contribution in [-0.4, -0.2) is 51.0 Å². The Kier molecular flexibility index (Phi) is 7.05. The van der Waals surface area contributed by atoms with Crippen LogP contribution < -0.4 is 14.2 Å². The van der Waals surface area contributed by atoms with Crippen molar-refractivity contribution in [2.45, 2.75) is 19.6 Å². The topological polar surface area (TPSA) is 69.6 Å². The lowest BCUT2D eigenvalue weighted by Gasteiger charge is -2.29. The zero-order valence-corrected chi connectivity index (χ0v) is 16.6. The van der Waals surface area contributed by atoms with Crippen LogP contribution in [0.5, 0.6) is 17.2 Å². The minimum Gasteiger partial charge on any atom is -0.493 e. The second kappa shape index (κ2) is 9.91. The fraction of sp³-hybridized carbons (Fsp3) is 0.333. The molecule has 0 unspecified atom stereocenters. The number of carbonyl (C=O) groups excluding carboxylic acids is 1. The number of rotatable bonds is 8. The van der Waals surface area contributed by atoms with Crippen LogP contribution in [0.15, 0.2) is 41.6 Å². The van der Waals surface area contributed by atoms with E-state index in [1.807, 2.05) is 12.1 Å². The highest BCUT2D eigenvalue weighted by atomic mass is 19.3. The molecule has 1 heterocycles. The van der Waals surface area contributed by atoms with Crippen LogP contribution in [0.1, 0.15) is 16.7 Å². The number of carbonyl (C=O) groups is 1. The Morgan fingerprint density at radius 2 is 1.80 bits per heavy atom. The number of nitrogens with zero attached hydrogens (tertiary/aromatic N) is 2. The smallest absolute Gasteiger partial charge is 0.387 e. The van der Waals surface area contributed by atoms with Gasteiger partial charge in [-0.2, -0.15) is 8.78 Å². The van der Waals surface area contributed by atoms with Crippen molar-refractivity contribution in [3.63, 3.8) is 0 Å². The molecule has 0 saturated carbocycles. The third kappa shape index (κ3) is 5.37. The maximum absolute atomic E-state index is 12.4. The quantitative estimate of drug-likeness (QED) is 0.485. The van der Waals surface area contributed by atoms with Gasteiger partial charge in [0.15, 0.2) is 18.1 Å². The predicted molar refractivity (Wildman–Crippen MR) is 105 cm³/mol. The van der Waals surface area contributed by atoms with E-state index in [0.717, 1.165) is 11.1 Å². The molecule has 1 aliphatic rings. The van der Waals surface area contributed by atoms with Crippen molar-refractivity contribution in [2.24, 2.45) is 5.16 Å². The monoisotopic (exact) mass is 420 g/mol. The zero-order valence-electron chi connectivity index (χ0n) is 16.6. The van der Waals surface area contributed by atoms with Crippen LogP contribution in [0.4, 0.5) is 8.78 Å². The first-order valence-electron chi connectivity index (χ1n) is 9.22. The van der Waals surface area contributed by atoms with E-state index in [1.54, 1.807) is 31.3 Å². The van der Waals surface area contributed by atoms with E-state index in [2.05, 4.69) is 9.89 Å². The molecule has 7 nitrogen and oxygen atoms in total. The van der Waals surface area contributed by atoms with Gasteiger partial charge in [0.1, 0.15) is 5.75 Å². The fourth-order valence-corrected chi connectivity index (χ4v) is 3.11. The van der Waals surface area contributed by atoms with Crippen LogP contribution in [0.25, 0.3) is 0 Å². The van der Waals surface area contributed by atoms with Crippen molar-refractivity contribution in [2.75, 3.05) is 27.4 Å². The summed E-state index contributed by atoms with van der Waals surface area (Å²) < 4.78 is 39.2. The van der Waals surface area contributed by atoms with E-state index in [4.69, 9.17) is 14.3 Å². The Bertz CT molecular complexity index is 903. The SMILES string of the molecule is COc1cc2c(cc1OC)CN(C(=O)CO/N=C/c1ccc(OC(F)F)cc1)CC2. The van der Waals surface area contributed by atoms with Gasteiger partial charge in [0.2, 0.25) is 0 Å². The number of fused-ring (bicyclic) bond motifs is 1. The molecule has 9 heteroatoms. The molecule has 2 aromatic carbocycles. The molecule has 1 amide bonds. The van der Waals surface area contributed by atoms with E-state index in [1.165, 1.54) is 18.3 Å². The lowest BCUT2D eigenvalue weighted by molar-refractivity contribution is -0.137. The molecule has 160 valence electrons. The molecule has 0 aliphatic carbocycles. The molecule has 0 aromatic heterocycles. The van der Waals surface area contributed by atoms with Crippen molar-refractivity contribution in [3.05, 3.63) is 53.1 Å². The number of oxime groups is 1. The highest BCUT2D eigenvalue weighted by Crippen LogP contribution is 2.33. The first kappa shape index (κ1) is 21.4. The molecule has 0 radical (unpaired) electrons. The zero-order chi connectivity index (χ0) is 21.5. The van der Waals surface area contributed by atoms with Gasteiger partial charge in [-0.3, -0.25) is 4.79 Å². The number of alkyl halides is 2. The summed E-state index contributed by atoms with van der Waals surface area (Å²) in [5.41, 5.74) is 2.74. The molecule has 3 rings (SSSR count). The Balaban J connectivity index is 1.51. The van der Waals surface area contributed by atoms with Gasteiger partial charge in [-0.05, 0) is 59.5 Å². The number of methoxy groups -OCH3 is 2. The lowest BCUT2D eigenvalue weighted by Crippen LogP contribution is -2.38. The summed E-state index contributed by atoms with van der Waals surface area (Å²) in [7, 11) is 3.16. The van der Waals surface area contributed by atoms with Gasteiger partial charge >= 0.3 is 6.61 Å². The number of ether oxygens (including phenoxy) is 3. The Hall–Kier alpha value is -3.36. The predicted octanol–water partition coefficient (Wildman–Crippen LogP) is 3.24. The van der Waals surface area contributed by atoms with E-state index in [9.17, 15) is 13.6 Å². The Morgan fingerprint density at radius 3 is 2.43 bits per heavy atom. The van der Waals surface area contributed by atoms with Crippen LogP contribution in [0.2, 0.25) is 0 Å². The van der Waals surface area contributed by atoms with Crippen molar-refractivity contribution in [1.82, 2.24) is 4.90 Å². The van der Waals surface area contributed by atoms with Crippen LogP contribution in [0.3, 0.4) is 0 Å². The highest BCUT2D eigenvalue weighted by Gasteiger charge is 2.23. The van der Waals surface area contributed by atoms with Gasteiger partial charge in [0.05, 0.1) is 20.4 Å². The molecule has 0 spiro atoms. The maximum atomic E-state index is 12.4. The molecule has 0 bridgehead atoms. The fourth-order valence-electron chi connectivity index (χ4n) is 3.11. The van der Waals surface area contributed by atoms with Gasteiger partial charge in [0, 0.05) is 13.1 Å². The number of hydrogen-bond acceptors (Lipinski definition) is 6. The molecule has 1 aliphatic heterocycles.